The maximum absolute atomic E-state index is 12.8. The predicted molar refractivity (Wildman–Crippen MR) is 123 cm³/mol. The molecule has 0 aliphatic carbocycles. The van der Waals surface area contributed by atoms with Gasteiger partial charge >= 0.3 is 0 Å². The van der Waals surface area contributed by atoms with Crippen LogP contribution in [0.2, 0.25) is 0 Å². The second kappa shape index (κ2) is 10.2. The minimum Gasteiger partial charge on any atom is -0.459 e. The molecule has 3 amide bonds. The van der Waals surface area contributed by atoms with E-state index in [2.05, 4.69) is 10.6 Å². The number of nitrogens with zero attached hydrogens (tertiary/aromatic N) is 1. The average molecular weight is 450 g/mol. The molecule has 4 rings (SSSR count). The molecule has 164 valence electrons. The predicted octanol–water partition coefficient (Wildman–Crippen LogP) is 3.12. The van der Waals surface area contributed by atoms with Crippen molar-refractivity contribution in [3.8, 4) is 0 Å². The standard InChI is InChI=1S/C24H23N3O4S/c28-22(27-14-11-17-6-1-3-8-19(17)27)16-32-21-10-4-2-7-18(21)23(29)25-12-13-26-24(30)20-9-5-15-31-20/h1-10,15H,11-14,16H2,(H,25,29)(H,26,30). The van der Waals surface area contributed by atoms with E-state index in [9.17, 15) is 14.4 Å². The zero-order valence-corrected chi connectivity index (χ0v) is 18.2. The van der Waals surface area contributed by atoms with Crippen LogP contribution in [0.4, 0.5) is 5.69 Å². The summed E-state index contributed by atoms with van der Waals surface area (Å²) in [4.78, 5) is 39.8. The van der Waals surface area contributed by atoms with E-state index in [-0.39, 0.29) is 42.3 Å². The number of hydrogen-bond donors (Lipinski definition) is 2. The van der Waals surface area contributed by atoms with E-state index in [1.54, 1.807) is 24.3 Å². The third-order valence-electron chi connectivity index (χ3n) is 5.11. The molecule has 0 saturated carbocycles. The molecule has 8 heteroatoms. The van der Waals surface area contributed by atoms with Gasteiger partial charge in [0.15, 0.2) is 5.76 Å². The van der Waals surface area contributed by atoms with Crippen LogP contribution < -0.4 is 15.5 Å². The number of fused-ring (bicyclic) bond motifs is 1. The highest BCUT2D eigenvalue weighted by Crippen LogP contribution is 2.29. The molecule has 0 spiro atoms. The Kier molecular flexibility index (Phi) is 6.91. The fraction of sp³-hybridized carbons (Fsp3) is 0.208. The maximum atomic E-state index is 12.8. The number of thioether (sulfide) groups is 1. The van der Waals surface area contributed by atoms with Gasteiger partial charge in [-0.2, -0.15) is 0 Å². The minimum absolute atomic E-state index is 0.0239. The monoisotopic (exact) mass is 449 g/mol. The molecule has 0 unspecified atom stereocenters. The highest BCUT2D eigenvalue weighted by atomic mass is 32.2. The number of anilines is 1. The van der Waals surface area contributed by atoms with E-state index in [4.69, 9.17) is 4.42 Å². The highest BCUT2D eigenvalue weighted by Gasteiger charge is 2.24. The number of para-hydroxylation sites is 1. The second-order valence-corrected chi connectivity index (χ2v) is 8.22. The van der Waals surface area contributed by atoms with E-state index in [0.717, 1.165) is 17.0 Å². The Balaban J connectivity index is 1.29. The molecule has 0 atom stereocenters. The number of furan rings is 1. The molecule has 7 nitrogen and oxygen atoms in total. The van der Waals surface area contributed by atoms with Crippen molar-refractivity contribution in [1.82, 2.24) is 10.6 Å². The third kappa shape index (κ3) is 5.03. The Morgan fingerprint density at radius 2 is 1.66 bits per heavy atom. The van der Waals surface area contributed by atoms with Crippen molar-refractivity contribution in [2.75, 3.05) is 30.3 Å². The smallest absolute Gasteiger partial charge is 0.287 e. The summed E-state index contributed by atoms with van der Waals surface area (Å²) in [6.07, 6.45) is 2.29. The van der Waals surface area contributed by atoms with Gasteiger partial charge in [0.1, 0.15) is 0 Å². The third-order valence-corrected chi connectivity index (χ3v) is 6.17. The first-order valence-corrected chi connectivity index (χ1v) is 11.3. The summed E-state index contributed by atoms with van der Waals surface area (Å²) in [7, 11) is 0. The normalized spacial score (nSPS) is 12.3. The van der Waals surface area contributed by atoms with Gasteiger partial charge in [-0.05, 0) is 42.3 Å². The summed E-state index contributed by atoms with van der Waals surface area (Å²) in [5.41, 5.74) is 2.66. The Morgan fingerprint density at radius 1 is 0.906 bits per heavy atom. The van der Waals surface area contributed by atoms with Crippen molar-refractivity contribution in [3.63, 3.8) is 0 Å². The quantitative estimate of drug-likeness (QED) is 0.407. The van der Waals surface area contributed by atoms with E-state index in [0.29, 0.717) is 12.1 Å². The zero-order chi connectivity index (χ0) is 22.3. The van der Waals surface area contributed by atoms with Crippen LogP contribution in [0.1, 0.15) is 26.5 Å². The lowest BCUT2D eigenvalue weighted by molar-refractivity contribution is -0.116. The number of benzene rings is 2. The number of amides is 3. The van der Waals surface area contributed by atoms with E-state index < -0.39 is 0 Å². The Hall–Kier alpha value is -3.52. The number of carbonyl (C=O) groups excluding carboxylic acids is 3. The minimum atomic E-state index is -0.331. The molecule has 2 N–H and O–H groups in total. The second-order valence-electron chi connectivity index (χ2n) is 7.20. The fourth-order valence-electron chi connectivity index (χ4n) is 3.54. The lowest BCUT2D eigenvalue weighted by Gasteiger charge is -2.17. The maximum Gasteiger partial charge on any atom is 0.287 e. The molecule has 1 aliphatic rings. The van der Waals surface area contributed by atoms with Gasteiger partial charge in [0.25, 0.3) is 11.8 Å². The summed E-state index contributed by atoms with van der Waals surface area (Å²) in [6.45, 7) is 1.23. The lowest BCUT2D eigenvalue weighted by atomic mass is 10.2. The Morgan fingerprint density at radius 3 is 2.47 bits per heavy atom. The first-order valence-electron chi connectivity index (χ1n) is 10.3. The number of carbonyl (C=O) groups is 3. The molecular weight excluding hydrogens is 426 g/mol. The fourth-order valence-corrected chi connectivity index (χ4v) is 4.46. The topological polar surface area (TPSA) is 91.7 Å². The average Bonchev–Trinajstić information content (AvgIpc) is 3.50. The van der Waals surface area contributed by atoms with Crippen molar-refractivity contribution >= 4 is 35.2 Å². The number of rotatable bonds is 8. The Bertz CT molecular complexity index is 1110. The van der Waals surface area contributed by atoms with Gasteiger partial charge in [-0.25, -0.2) is 0 Å². The van der Waals surface area contributed by atoms with Gasteiger partial charge in [0.2, 0.25) is 5.91 Å². The SMILES string of the molecule is O=C(NCCNC(=O)c1ccccc1SCC(=O)N1CCc2ccccc21)c1ccco1. The number of nitrogens with one attached hydrogen (secondary N) is 2. The Labute approximate surface area is 190 Å². The summed E-state index contributed by atoms with van der Waals surface area (Å²) in [5.74, 6) is -0.0849. The molecule has 1 aromatic heterocycles. The molecule has 2 heterocycles. The molecule has 3 aromatic rings. The largest absolute Gasteiger partial charge is 0.459 e. The summed E-state index contributed by atoms with van der Waals surface area (Å²) in [6, 6.07) is 18.4. The van der Waals surface area contributed by atoms with Crippen molar-refractivity contribution < 1.29 is 18.8 Å². The van der Waals surface area contributed by atoms with E-state index >= 15 is 0 Å². The van der Waals surface area contributed by atoms with Crippen LogP contribution in [-0.2, 0) is 11.2 Å². The molecule has 0 radical (unpaired) electrons. The summed E-state index contributed by atoms with van der Waals surface area (Å²) >= 11 is 1.35. The molecule has 32 heavy (non-hydrogen) atoms. The first kappa shape index (κ1) is 21.7. The van der Waals surface area contributed by atoms with Gasteiger partial charge in [0, 0.05) is 30.2 Å². The van der Waals surface area contributed by atoms with Crippen LogP contribution in [-0.4, -0.2) is 43.1 Å². The van der Waals surface area contributed by atoms with E-state index in [1.807, 2.05) is 41.3 Å². The lowest BCUT2D eigenvalue weighted by Crippen LogP contribution is -2.34. The van der Waals surface area contributed by atoms with Crippen molar-refractivity contribution in [1.29, 1.82) is 0 Å². The molecular formula is C24H23N3O4S. The molecule has 0 saturated heterocycles. The zero-order valence-electron chi connectivity index (χ0n) is 17.4. The molecule has 2 aromatic carbocycles. The van der Waals surface area contributed by atoms with Gasteiger partial charge in [-0.3, -0.25) is 14.4 Å². The highest BCUT2D eigenvalue weighted by molar-refractivity contribution is 8.00. The summed E-state index contributed by atoms with van der Waals surface area (Å²) in [5, 5.41) is 5.49. The van der Waals surface area contributed by atoms with Gasteiger partial charge in [-0.15, -0.1) is 11.8 Å². The van der Waals surface area contributed by atoms with Gasteiger partial charge in [0.05, 0.1) is 17.6 Å². The van der Waals surface area contributed by atoms with Crippen LogP contribution in [0.15, 0.2) is 76.2 Å². The van der Waals surface area contributed by atoms with E-state index in [1.165, 1.54) is 23.6 Å². The van der Waals surface area contributed by atoms with Crippen molar-refractivity contribution in [3.05, 3.63) is 83.8 Å². The van der Waals surface area contributed by atoms with Crippen molar-refractivity contribution in [2.45, 2.75) is 11.3 Å². The van der Waals surface area contributed by atoms with Crippen LogP contribution in [0.3, 0.4) is 0 Å². The summed E-state index contributed by atoms with van der Waals surface area (Å²) < 4.78 is 5.03. The molecule has 0 fully saturated rings. The molecule has 0 bridgehead atoms. The molecule has 1 aliphatic heterocycles. The first-order chi connectivity index (χ1) is 15.6. The van der Waals surface area contributed by atoms with Crippen LogP contribution in [0.5, 0.6) is 0 Å². The number of hydrogen-bond acceptors (Lipinski definition) is 5. The van der Waals surface area contributed by atoms with Gasteiger partial charge in [-0.1, -0.05) is 30.3 Å². The van der Waals surface area contributed by atoms with Crippen LogP contribution >= 0.6 is 11.8 Å². The van der Waals surface area contributed by atoms with Crippen LogP contribution in [0.25, 0.3) is 0 Å². The van der Waals surface area contributed by atoms with Gasteiger partial charge < -0.3 is 20.0 Å². The van der Waals surface area contributed by atoms with Crippen LogP contribution in [0, 0.1) is 0 Å². The van der Waals surface area contributed by atoms with Crippen molar-refractivity contribution in [2.24, 2.45) is 0 Å².